The number of hydrogen-bond acceptors (Lipinski definition) is 5. The van der Waals surface area contributed by atoms with E-state index in [4.69, 9.17) is 25.8 Å². The molecule has 0 amide bonds. The number of anilines is 1. The molecule has 0 saturated heterocycles. The summed E-state index contributed by atoms with van der Waals surface area (Å²) >= 11 is 6.21. The quantitative estimate of drug-likeness (QED) is 0.240. The zero-order valence-electron chi connectivity index (χ0n) is 24.1. The van der Waals surface area contributed by atoms with Crippen molar-refractivity contribution in [3.8, 4) is 5.75 Å². The molecule has 3 aromatic carbocycles. The highest BCUT2D eigenvalue weighted by Gasteiger charge is 2.52. The van der Waals surface area contributed by atoms with Crippen LogP contribution in [0.2, 0.25) is 5.02 Å². The maximum absolute atomic E-state index is 14.6. The lowest BCUT2D eigenvalue weighted by Gasteiger charge is -2.46. The van der Waals surface area contributed by atoms with Crippen LogP contribution in [-0.2, 0) is 26.3 Å². The minimum absolute atomic E-state index is 0.159. The van der Waals surface area contributed by atoms with Crippen molar-refractivity contribution >= 4 is 29.3 Å². The van der Waals surface area contributed by atoms with E-state index in [9.17, 15) is 13.6 Å². The normalized spacial score (nSPS) is 21.9. The number of fused-ring (bicyclic) bond motifs is 2. The van der Waals surface area contributed by atoms with Crippen molar-refractivity contribution in [1.29, 1.82) is 0 Å². The van der Waals surface area contributed by atoms with Gasteiger partial charge in [0.1, 0.15) is 11.3 Å². The average molecular weight is 596 g/mol. The second-order valence-corrected chi connectivity index (χ2v) is 11.9. The second-order valence-electron chi connectivity index (χ2n) is 11.5. The van der Waals surface area contributed by atoms with E-state index < -0.39 is 22.6 Å². The first-order chi connectivity index (χ1) is 20.2. The van der Waals surface area contributed by atoms with Gasteiger partial charge < -0.3 is 19.5 Å². The van der Waals surface area contributed by atoms with Crippen LogP contribution in [0.25, 0.3) is 6.08 Å². The van der Waals surface area contributed by atoms with Crippen molar-refractivity contribution in [2.24, 2.45) is 5.92 Å². The van der Waals surface area contributed by atoms with Crippen LogP contribution in [-0.4, -0.2) is 32.3 Å². The molecule has 5 rings (SSSR count). The molecule has 8 heteroatoms. The predicted molar refractivity (Wildman–Crippen MR) is 161 cm³/mol. The van der Waals surface area contributed by atoms with Gasteiger partial charge in [0.05, 0.1) is 20.8 Å². The van der Waals surface area contributed by atoms with Crippen molar-refractivity contribution in [3.05, 3.63) is 99.6 Å². The number of rotatable bonds is 10. The van der Waals surface area contributed by atoms with E-state index >= 15 is 0 Å². The molecule has 222 valence electrons. The number of nitrogens with one attached hydrogen (secondary N) is 1. The molecular formula is C34H36ClF2NO4. The van der Waals surface area contributed by atoms with Crippen molar-refractivity contribution in [1.82, 2.24) is 0 Å². The van der Waals surface area contributed by atoms with Gasteiger partial charge in [-0.25, -0.2) is 13.6 Å². The Hall–Kier alpha value is -3.42. The number of ether oxygens (including phenoxy) is 3. The molecule has 1 atom stereocenters. The van der Waals surface area contributed by atoms with E-state index in [1.165, 1.54) is 19.2 Å². The summed E-state index contributed by atoms with van der Waals surface area (Å²) in [5.41, 5.74) is 2.89. The molecule has 2 aliphatic rings. The minimum Gasteiger partial charge on any atom is -0.497 e. The molecule has 1 N–H and O–H groups in total. The average Bonchev–Trinajstić information content (AvgIpc) is 3.25. The highest BCUT2D eigenvalue weighted by molar-refractivity contribution is 6.30. The van der Waals surface area contributed by atoms with E-state index in [0.717, 1.165) is 28.1 Å². The Labute approximate surface area is 250 Å². The van der Waals surface area contributed by atoms with Crippen LogP contribution >= 0.6 is 11.6 Å². The Balaban J connectivity index is 1.35. The minimum atomic E-state index is -0.968. The number of carbonyl (C=O) groups excluding carboxylic acids is 1. The van der Waals surface area contributed by atoms with Gasteiger partial charge >= 0.3 is 5.97 Å². The summed E-state index contributed by atoms with van der Waals surface area (Å²) in [7, 11) is 3.02. The molecule has 5 nitrogen and oxygen atoms in total. The van der Waals surface area contributed by atoms with Gasteiger partial charge in [-0.15, -0.1) is 0 Å². The standard InChI is InChI=1S/C34H36ClF2NO4/c1-22(20-42-21-23-7-9-28(40-2)10-8-23)15-25-16-24-17-30(36)31(37)19-29(24)33(25)11-13-34(14-12-33,32(39)41-3)38-27-6-4-5-26(35)18-27/h4-10,16-19,22,38H,11-15,20-21H2,1-3H3/t22-,33?,34?/m1/s1. The molecule has 1 saturated carbocycles. The van der Waals surface area contributed by atoms with E-state index in [2.05, 4.69) is 12.2 Å². The van der Waals surface area contributed by atoms with Crippen LogP contribution in [0.3, 0.4) is 0 Å². The van der Waals surface area contributed by atoms with Crippen LogP contribution in [0.1, 0.15) is 55.7 Å². The molecule has 2 aliphatic carbocycles. The van der Waals surface area contributed by atoms with Crippen molar-refractivity contribution in [2.45, 2.75) is 56.6 Å². The van der Waals surface area contributed by atoms with Gasteiger partial charge in [0.2, 0.25) is 0 Å². The maximum Gasteiger partial charge on any atom is 0.331 e. The lowest BCUT2D eigenvalue weighted by Crippen LogP contribution is -2.52. The number of benzene rings is 3. The first-order valence-electron chi connectivity index (χ1n) is 14.2. The van der Waals surface area contributed by atoms with Gasteiger partial charge in [0.25, 0.3) is 0 Å². The smallest absolute Gasteiger partial charge is 0.331 e. The van der Waals surface area contributed by atoms with Crippen molar-refractivity contribution in [3.63, 3.8) is 0 Å². The van der Waals surface area contributed by atoms with E-state index in [0.29, 0.717) is 55.9 Å². The SMILES string of the molecule is COC(=O)C1(Nc2cccc(Cl)c2)CCC2(CC1)C(C[C@@H](C)COCc1ccc(OC)cc1)=Cc1cc(F)c(F)cc12. The highest BCUT2D eigenvalue weighted by atomic mass is 35.5. The fourth-order valence-corrected chi connectivity index (χ4v) is 6.69. The topological polar surface area (TPSA) is 56.8 Å². The van der Waals surface area contributed by atoms with Gasteiger partial charge in [-0.3, -0.25) is 0 Å². The summed E-state index contributed by atoms with van der Waals surface area (Å²) in [4.78, 5) is 13.2. The van der Waals surface area contributed by atoms with Gasteiger partial charge in [-0.05, 0) is 97.2 Å². The summed E-state index contributed by atoms with van der Waals surface area (Å²) in [6.07, 6.45) is 4.74. The number of hydrogen-bond donors (Lipinski definition) is 1. The first-order valence-corrected chi connectivity index (χ1v) is 14.6. The molecule has 0 unspecified atom stereocenters. The van der Waals surface area contributed by atoms with E-state index in [-0.39, 0.29) is 11.9 Å². The van der Waals surface area contributed by atoms with Crippen molar-refractivity contribution < 1.29 is 27.8 Å². The van der Waals surface area contributed by atoms with Gasteiger partial charge in [-0.1, -0.05) is 48.4 Å². The van der Waals surface area contributed by atoms with Gasteiger partial charge in [-0.2, -0.15) is 0 Å². The predicted octanol–water partition coefficient (Wildman–Crippen LogP) is 8.10. The Morgan fingerprint density at radius 3 is 2.38 bits per heavy atom. The Bertz CT molecular complexity index is 1460. The first kappa shape index (κ1) is 30.1. The Morgan fingerprint density at radius 2 is 1.71 bits per heavy atom. The molecule has 0 radical (unpaired) electrons. The Morgan fingerprint density at radius 1 is 1.00 bits per heavy atom. The maximum atomic E-state index is 14.6. The summed E-state index contributed by atoms with van der Waals surface area (Å²) < 4.78 is 45.5. The van der Waals surface area contributed by atoms with Crippen LogP contribution in [0.4, 0.5) is 14.5 Å². The second kappa shape index (κ2) is 12.4. The molecule has 0 bridgehead atoms. The zero-order chi connectivity index (χ0) is 29.9. The van der Waals surface area contributed by atoms with E-state index in [1.807, 2.05) is 42.5 Å². The molecule has 1 spiro atoms. The number of allylic oxidation sites excluding steroid dienone is 1. The summed E-state index contributed by atoms with van der Waals surface area (Å²) in [5.74, 6) is -1.12. The highest BCUT2D eigenvalue weighted by Crippen LogP contribution is 2.55. The molecule has 0 aromatic heterocycles. The third-order valence-electron chi connectivity index (χ3n) is 8.69. The third kappa shape index (κ3) is 6.04. The van der Waals surface area contributed by atoms with Gasteiger partial charge in [0, 0.05) is 22.7 Å². The van der Waals surface area contributed by atoms with Crippen LogP contribution < -0.4 is 10.1 Å². The summed E-state index contributed by atoms with van der Waals surface area (Å²) in [6, 6.07) is 17.6. The lowest BCUT2D eigenvalue weighted by atomic mass is 9.61. The number of halogens is 3. The summed E-state index contributed by atoms with van der Waals surface area (Å²) in [6.45, 7) is 3.13. The molecule has 0 heterocycles. The third-order valence-corrected chi connectivity index (χ3v) is 8.93. The fraction of sp³-hybridized carbons (Fsp3) is 0.382. The van der Waals surface area contributed by atoms with Crippen molar-refractivity contribution in [2.75, 3.05) is 26.1 Å². The number of esters is 1. The van der Waals surface area contributed by atoms with Crippen LogP contribution in [0, 0.1) is 17.6 Å². The molecule has 1 fully saturated rings. The number of methoxy groups -OCH3 is 2. The fourth-order valence-electron chi connectivity index (χ4n) is 6.50. The van der Waals surface area contributed by atoms with Gasteiger partial charge in [0.15, 0.2) is 11.6 Å². The zero-order valence-corrected chi connectivity index (χ0v) is 24.9. The largest absolute Gasteiger partial charge is 0.497 e. The number of carbonyl (C=O) groups is 1. The molecular weight excluding hydrogens is 560 g/mol. The monoisotopic (exact) mass is 595 g/mol. The van der Waals surface area contributed by atoms with E-state index in [1.54, 1.807) is 19.2 Å². The molecule has 42 heavy (non-hydrogen) atoms. The Kier molecular flexibility index (Phi) is 8.90. The summed E-state index contributed by atoms with van der Waals surface area (Å²) in [5, 5.41) is 3.96. The molecule has 3 aromatic rings. The molecule has 0 aliphatic heterocycles. The van der Waals surface area contributed by atoms with Crippen LogP contribution in [0.15, 0.2) is 66.2 Å². The lowest BCUT2D eigenvalue weighted by molar-refractivity contribution is -0.147. The van der Waals surface area contributed by atoms with Crippen LogP contribution in [0.5, 0.6) is 5.75 Å².